The van der Waals surface area contributed by atoms with Gasteiger partial charge in [0.15, 0.2) is 24.0 Å². The van der Waals surface area contributed by atoms with Crippen molar-refractivity contribution in [3.8, 4) is 5.75 Å². The summed E-state index contributed by atoms with van der Waals surface area (Å²) in [5.41, 5.74) is 1.86. The smallest absolute Gasteiger partial charge is 0.422 e. The largest absolute Gasteiger partial charge is 0.478 e. The minimum atomic E-state index is -4.71. The predicted octanol–water partition coefficient (Wildman–Crippen LogP) is 9.45. The summed E-state index contributed by atoms with van der Waals surface area (Å²) in [7, 11) is 0. The molecule has 3 aromatic carbocycles. The lowest BCUT2D eigenvalue weighted by molar-refractivity contribution is -0.154. The molecule has 0 heterocycles. The van der Waals surface area contributed by atoms with E-state index in [1.807, 2.05) is 18.2 Å². The molecule has 37 heavy (non-hydrogen) atoms. The highest BCUT2D eigenvalue weighted by atomic mass is 19.4. The molecule has 1 aliphatic rings. The Morgan fingerprint density at radius 3 is 2.22 bits per heavy atom. The molecule has 0 unspecified atom stereocenters. The molecular formula is C30H32F6O. The van der Waals surface area contributed by atoms with E-state index in [-0.39, 0.29) is 24.2 Å². The fourth-order valence-corrected chi connectivity index (χ4v) is 5.41. The molecule has 7 heteroatoms. The van der Waals surface area contributed by atoms with E-state index in [4.69, 9.17) is 0 Å². The number of hydrogen-bond acceptors (Lipinski definition) is 1. The zero-order valence-electron chi connectivity index (χ0n) is 20.9. The highest BCUT2D eigenvalue weighted by Gasteiger charge is 2.30. The van der Waals surface area contributed by atoms with Gasteiger partial charge in [0.25, 0.3) is 0 Å². The number of hydrogen-bond donors (Lipinski definition) is 0. The Kier molecular flexibility index (Phi) is 8.71. The molecule has 0 radical (unpaired) electrons. The summed E-state index contributed by atoms with van der Waals surface area (Å²) in [5.74, 6) is -2.54. The zero-order chi connectivity index (χ0) is 26.6. The van der Waals surface area contributed by atoms with Crippen LogP contribution in [0.4, 0.5) is 26.3 Å². The van der Waals surface area contributed by atoms with Gasteiger partial charge in [0.1, 0.15) is 5.82 Å². The van der Waals surface area contributed by atoms with E-state index in [1.165, 1.54) is 37.7 Å². The molecule has 4 rings (SSSR count). The van der Waals surface area contributed by atoms with E-state index in [0.717, 1.165) is 36.3 Å². The fraction of sp³-hybridized carbons (Fsp3) is 0.467. The van der Waals surface area contributed by atoms with Crippen LogP contribution in [0.5, 0.6) is 5.75 Å². The summed E-state index contributed by atoms with van der Waals surface area (Å²) in [5, 5.41) is 1.33. The van der Waals surface area contributed by atoms with Crippen LogP contribution in [0, 0.1) is 23.4 Å². The third-order valence-electron chi connectivity index (χ3n) is 7.46. The minimum absolute atomic E-state index is 0.120. The first-order valence-corrected chi connectivity index (χ1v) is 13.0. The van der Waals surface area contributed by atoms with Crippen LogP contribution in [-0.4, -0.2) is 12.8 Å². The van der Waals surface area contributed by atoms with Gasteiger partial charge in [0, 0.05) is 5.39 Å². The SMILES string of the molecule is CCCCC1CCC(c2ccc3c(F)c(CCc4cc(F)c(OCC(F)(F)F)c(F)c4)ccc3c2)CC1. The molecular weight excluding hydrogens is 490 g/mol. The van der Waals surface area contributed by atoms with Crippen LogP contribution in [0.2, 0.25) is 0 Å². The van der Waals surface area contributed by atoms with Crippen LogP contribution in [0.25, 0.3) is 10.8 Å². The molecule has 0 amide bonds. The quantitative estimate of drug-likeness (QED) is 0.254. The molecule has 1 fully saturated rings. The van der Waals surface area contributed by atoms with Crippen molar-refractivity contribution in [1.29, 1.82) is 0 Å². The van der Waals surface area contributed by atoms with E-state index in [2.05, 4.69) is 17.7 Å². The normalized spacial score (nSPS) is 18.4. The maximum atomic E-state index is 15.3. The predicted molar refractivity (Wildman–Crippen MR) is 133 cm³/mol. The van der Waals surface area contributed by atoms with E-state index < -0.39 is 30.2 Å². The zero-order valence-corrected chi connectivity index (χ0v) is 20.9. The molecule has 0 aliphatic heterocycles. The molecule has 0 spiro atoms. The van der Waals surface area contributed by atoms with E-state index >= 15 is 4.39 Å². The lowest BCUT2D eigenvalue weighted by atomic mass is 9.77. The summed E-state index contributed by atoms with van der Waals surface area (Å²) in [4.78, 5) is 0. The first kappa shape index (κ1) is 27.3. The van der Waals surface area contributed by atoms with Gasteiger partial charge >= 0.3 is 6.18 Å². The van der Waals surface area contributed by atoms with Crippen LogP contribution in [0.15, 0.2) is 42.5 Å². The topological polar surface area (TPSA) is 9.23 Å². The van der Waals surface area contributed by atoms with Crippen molar-refractivity contribution < 1.29 is 31.1 Å². The summed E-state index contributed by atoms with van der Waals surface area (Å²) in [6, 6.07) is 11.3. The van der Waals surface area contributed by atoms with Gasteiger partial charge in [-0.25, -0.2) is 13.2 Å². The standard InChI is InChI=1S/C30H32F6O/c1-2-3-4-19-5-8-21(9-6-19)23-13-14-25-24(17-23)12-11-22(28(25)33)10-7-20-15-26(31)29(27(32)16-20)37-18-30(34,35)36/h11-17,19,21H,2-10,18H2,1H3. The molecule has 0 atom stereocenters. The summed E-state index contributed by atoms with van der Waals surface area (Å²) >= 11 is 0. The van der Waals surface area contributed by atoms with Crippen molar-refractivity contribution in [2.24, 2.45) is 5.92 Å². The fourth-order valence-electron chi connectivity index (χ4n) is 5.41. The molecule has 0 aromatic heterocycles. The number of rotatable bonds is 9. The summed E-state index contributed by atoms with van der Waals surface area (Å²) in [6.45, 7) is 0.438. The Labute approximate surface area is 213 Å². The van der Waals surface area contributed by atoms with E-state index in [9.17, 15) is 22.0 Å². The lowest BCUT2D eigenvalue weighted by Gasteiger charge is -2.29. The van der Waals surface area contributed by atoms with Crippen molar-refractivity contribution in [2.45, 2.75) is 76.8 Å². The van der Waals surface area contributed by atoms with Gasteiger partial charge in [-0.2, -0.15) is 13.2 Å². The first-order chi connectivity index (χ1) is 17.6. The second kappa shape index (κ2) is 11.8. The maximum Gasteiger partial charge on any atom is 0.422 e. The van der Waals surface area contributed by atoms with E-state index in [1.54, 1.807) is 6.07 Å². The Bertz CT molecular complexity index is 1190. The second-order valence-electron chi connectivity index (χ2n) is 10.2. The number of aryl methyl sites for hydroxylation is 2. The summed E-state index contributed by atoms with van der Waals surface area (Å²) < 4.78 is 84.8. The molecule has 0 N–H and O–H groups in total. The van der Waals surface area contributed by atoms with Crippen LogP contribution in [0.3, 0.4) is 0 Å². The Hall–Kier alpha value is -2.70. The van der Waals surface area contributed by atoms with Crippen molar-refractivity contribution in [2.75, 3.05) is 6.61 Å². The average molecular weight is 523 g/mol. The molecule has 200 valence electrons. The first-order valence-electron chi connectivity index (χ1n) is 13.0. The van der Waals surface area contributed by atoms with Crippen molar-refractivity contribution >= 4 is 10.8 Å². The lowest BCUT2D eigenvalue weighted by Crippen LogP contribution is -2.20. The third kappa shape index (κ3) is 6.99. The minimum Gasteiger partial charge on any atom is -0.478 e. The summed E-state index contributed by atoms with van der Waals surface area (Å²) in [6.07, 6.45) is 4.24. The number of alkyl halides is 3. The number of fused-ring (bicyclic) bond motifs is 1. The molecule has 0 bridgehead atoms. The highest BCUT2D eigenvalue weighted by molar-refractivity contribution is 5.84. The highest BCUT2D eigenvalue weighted by Crippen LogP contribution is 2.39. The van der Waals surface area contributed by atoms with Gasteiger partial charge in [0.2, 0.25) is 0 Å². The number of unbranched alkanes of at least 4 members (excludes halogenated alkanes) is 1. The maximum absolute atomic E-state index is 15.3. The Morgan fingerprint density at radius 2 is 1.57 bits per heavy atom. The van der Waals surface area contributed by atoms with Gasteiger partial charge in [-0.05, 0) is 84.6 Å². The van der Waals surface area contributed by atoms with Crippen LogP contribution in [-0.2, 0) is 12.8 Å². The van der Waals surface area contributed by atoms with Crippen molar-refractivity contribution in [3.63, 3.8) is 0 Å². The van der Waals surface area contributed by atoms with Crippen LogP contribution < -0.4 is 4.74 Å². The van der Waals surface area contributed by atoms with E-state index in [0.29, 0.717) is 16.9 Å². The second-order valence-corrected chi connectivity index (χ2v) is 10.2. The molecule has 1 saturated carbocycles. The van der Waals surface area contributed by atoms with Gasteiger partial charge in [-0.15, -0.1) is 0 Å². The number of ether oxygens (including phenoxy) is 1. The van der Waals surface area contributed by atoms with Gasteiger partial charge in [0.05, 0.1) is 0 Å². The van der Waals surface area contributed by atoms with Crippen molar-refractivity contribution in [3.05, 3.63) is 76.6 Å². The molecule has 0 saturated heterocycles. The molecule has 1 aliphatic carbocycles. The van der Waals surface area contributed by atoms with Gasteiger partial charge in [-0.3, -0.25) is 0 Å². The van der Waals surface area contributed by atoms with Gasteiger partial charge < -0.3 is 4.74 Å². The monoisotopic (exact) mass is 522 g/mol. The van der Waals surface area contributed by atoms with Crippen LogP contribution in [0.1, 0.15) is 74.5 Å². The third-order valence-corrected chi connectivity index (χ3v) is 7.46. The van der Waals surface area contributed by atoms with Crippen molar-refractivity contribution in [1.82, 2.24) is 0 Å². The Balaban J connectivity index is 1.42. The average Bonchev–Trinajstić information content (AvgIpc) is 2.86. The molecule has 1 nitrogen and oxygen atoms in total. The Morgan fingerprint density at radius 1 is 0.865 bits per heavy atom. The number of benzene rings is 3. The van der Waals surface area contributed by atoms with Crippen LogP contribution >= 0.6 is 0 Å². The van der Waals surface area contributed by atoms with Gasteiger partial charge in [-0.1, -0.05) is 56.5 Å². The number of halogens is 6. The molecule has 3 aromatic rings.